The van der Waals surface area contributed by atoms with Crippen LogP contribution in [0.25, 0.3) is 0 Å². The molecule has 0 saturated heterocycles. The van der Waals surface area contributed by atoms with Gasteiger partial charge < -0.3 is 9.64 Å². The molecule has 19 heavy (non-hydrogen) atoms. The fourth-order valence-corrected chi connectivity index (χ4v) is 1.87. The van der Waals surface area contributed by atoms with E-state index in [-0.39, 0.29) is 0 Å². The number of nitrogens with zero attached hydrogens (tertiary/aromatic N) is 2. The highest BCUT2D eigenvalue weighted by molar-refractivity contribution is 6.33. The molecule has 1 heterocycles. The number of rotatable bonds is 3. The van der Waals surface area contributed by atoms with Crippen LogP contribution in [0.15, 0.2) is 42.6 Å². The van der Waals surface area contributed by atoms with E-state index >= 15 is 0 Å². The van der Waals surface area contributed by atoms with Gasteiger partial charge in [0.05, 0.1) is 17.7 Å². The number of ether oxygens (including phenoxy) is 1. The quantitative estimate of drug-likeness (QED) is 0.807. The minimum Gasteiger partial charge on any atom is -0.465 e. The van der Waals surface area contributed by atoms with E-state index in [9.17, 15) is 4.79 Å². The molecule has 0 saturated carbocycles. The molecule has 5 heteroatoms. The van der Waals surface area contributed by atoms with Crippen molar-refractivity contribution in [1.82, 2.24) is 4.98 Å². The van der Waals surface area contributed by atoms with Crippen molar-refractivity contribution in [3.63, 3.8) is 0 Å². The Hall–Kier alpha value is -2.07. The SMILES string of the molecule is COC(=O)c1cc(N(C)c2ccccn2)ccc1Cl. The second kappa shape index (κ2) is 5.71. The van der Waals surface area contributed by atoms with Gasteiger partial charge in [-0.2, -0.15) is 0 Å². The summed E-state index contributed by atoms with van der Waals surface area (Å²) in [5, 5.41) is 0.366. The molecule has 1 aromatic heterocycles. The molecular formula is C14H13ClN2O2. The van der Waals surface area contributed by atoms with Crippen molar-refractivity contribution in [2.45, 2.75) is 0 Å². The van der Waals surface area contributed by atoms with Gasteiger partial charge in [-0.3, -0.25) is 0 Å². The predicted molar refractivity (Wildman–Crippen MR) is 75.1 cm³/mol. The van der Waals surface area contributed by atoms with Gasteiger partial charge in [0.1, 0.15) is 5.82 Å². The third kappa shape index (κ3) is 2.85. The highest BCUT2D eigenvalue weighted by Gasteiger charge is 2.13. The Bertz CT molecular complexity index is 587. The molecule has 1 aromatic carbocycles. The molecule has 4 nitrogen and oxygen atoms in total. The van der Waals surface area contributed by atoms with Gasteiger partial charge in [0.2, 0.25) is 0 Å². The number of carbonyl (C=O) groups excluding carboxylic acids is 1. The maximum atomic E-state index is 11.6. The lowest BCUT2D eigenvalue weighted by molar-refractivity contribution is 0.0601. The maximum Gasteiger partial charge on any atom is 0.339 e. The second-order valence-corrected chi connectivity index (χ2v) is 4.31. The van der Waals surface area contributed by atoms with Crippen LogP contribution >= 0.6 is 11.6 Å². The highest BCUT2D eigenvalue weighted by Crippen LogP contribution is 2.26. The number of carbonyl (C=O) groups is 1. The van der Waals surface area contributed by atoms with Crippen LogP contribution < -0.4 is 4.90 Å². The van der Waals surface area contributed by atoms with E-state index in [0.717, 1.165) is 11.5 Å². The number of anilines is 2. The van der Waals surface area contributed by atoms with E-state index in [2.05, 4.69) is 4.98 Å². The first kappa shape index (κ1) is 13.4. The average molecular weight is 277 g/mol. The van der Waals surface area contributed by atoms with Gasteiger partial charge in [-0.15, -0.1) is 0 Å². The number of esters is 1. The van der Waals surface area contributed by atoms with E-state index in [1.807, 2.05) is 36.2 Å². The van der Waals surface area contributed by atoms with Crippen LogP contribution in [0.4, 0.5) is 11.5 Å². The first-order valence-corrected chi connectivity index (χ1v) is 6.04. The molecular weight excluding hydrogens is 264 g/mol. The molecule has 2 rings (SSSR count). The van der Waals surface area contributed by atoms with Gasteiger partial charge in [0.25, 0.3) is 0 Å². The minimum atomic E-state index is -0.457. The molecule has 0 amide bonds. The normalized spacial score (nSPS) is 10.1. The Balaban J connectivity index is 2.38. The second-order valence-electron chi connectivity index (χ2n) is 3.90. The Morgan fingerprint density at radius 2 is 2.11 bits per heavy atom. The Morgan fingerprint density at radius 3 is 2.74 bits per heavy atom. The van der Waals surface area contributed by atoms with E-state index in [4.69, 9.17) is 16.3 Å². The monoisotopic (exact) mass is 276 g/mol. The molecule has 98 valence electrons. The van der Waals surface area contributed by atoms with Gasteiger partial charge >= 0.3 is 5.97 Å². The first-order chi connectivity index (χ1) is 9.13. The zero-order valence-electron chi connectivity index (χ0n) is 10.6. The molecule has 0 aliphatic rings. The van der Waals surface area contributed by atoms with Crippen LogP contribution in [0.3, 0.4) is 0 Å². The number of aromatic nitrogens is 1. The maximum absolute atomic E-state index is 11.6. The van der Waals surface area contributed by atoms with Crippen molar-refractivity contribution in [2.75, 3.05) is 19.1 Å². The highest BCUT2D eigenvalue weighted by atomic mass is 35.5. The van der Waals surface area contributed by atoms with Crippen molar-refractivity contribution in [3.8, 4) is 0 Å². The molecule has 0 aliphatic heterocycles. The van der Waals surface area contributed by atoms with Crippen molar-refractivity contribution >= 4 is 29.1 Å². The number of hydrogen-bond donors (Lipinski definition) is 0. The summed E-state index contributed by atoms with van der Waals surface area (Å²) in [7, 11) is 3.19. The van der Waals surface area contributed by atoms with E-state index in [1.54, 1.807) is 18.3 Å². The zero-order valence-corrected chi connectivity index (χ0v) is 11.4. The summed E-state index contributed by atoms with van der Waals surface area (Å²) in [6.07, 6.45) is 1.71. The summed E-state index contributed by atoms with van der Waals surface area (Å²) in [5.41, 5.74) is 1.15. The molecule has 0 unspecified atom stereocenters. The lowest BCUT2D eigenvalue weighted by Gasteiger charge is -2.19. The minimum absolute atomic E-state index is 0.337. The van der Waals surface area contributed by atoms with Crippen molar-refractivity contribution in [3.05, 3.63) is 53.2 Å². The molecule has 0 N–H and O–H groups in total. The largest absolute Gasteiger partial charge is 0.465 e. The Kier molecular flexibility index (Phi) is 4.02. The van der Waals surface area contributed by atoms with Crippen molar-refractivity contribution < 1.29 is 9.53 Å². The zero-order chi connectivity index (χ0) is 13.8. The summed E-state index contributed by atoms with van der Waals surface area (Å²) in [6, 6.07) is 10.8. The van der Waals surface area contributed by atoms with Crippen LogP contribution in [0.1, 0.15) is 10.4 Å². The molecule has 0 fully saturated rings. The first-order valence-electron chi connectivity index (χ1n) is 5.66. The predicted octanol–water partition coefficient (Wildman–Crippen LogP) is 3.29. The van der Waals surface area contributed by atoms with Crippen LogP contribution in [-0.2, 0) is 4.74 Å². The smallest absolute Gasteiger partial charge is 0.339 e. The summed E-state index contributed by atoms with van der Waals surface area (Å²) in [5.74, 6) is 0.321. The standard InChI is InChI=1S/C14H13ClN2O2/c1-17(13-5-3-4-8-16-13)10-6-7-12(15)11(9-10)14(18)19-2/h3-9H,1-2H3. The number of benzene rings is 1. The van der Waals surface area contributed by atoms with Crippen LogP contribution in [0.2, 0.25) is 5.02 Å². The van der Waals surface area contributed by atoms with E-state index in [1.165, 1.54) is 7.11 Å². The Morgan fingerprint density at radius 1 is 1.32 bits per heavy atom. The molecule has 0 radical (unpaired) electrons. The van der Waals surface area contributed by atoms with Gasteiger partial charge in [-0.05, 0) is 30.3 Å². The van der Waals surface area contributed by atoms with Crippen molar-refractivity contribution in [2.24, 2.45) is 0 Å². The van der Waals surface area contributed by atoms with Gasteiger partial charge in [-0.1, -0.05) is 17.7 Å². The lowest BCUT2D eigenvalue weighted by Crippen LogP contribution is -2.12. The van der Waals surface area contributed by atoms with Gasteiger partial charge in [-0.25, -0.2) is 9.78 Å². The van der Waals surface area contributed by atoms with Crippen molar-refractivity contribution in [1.29, 1.82) is 0 Å². The summed E-state index contributed by atoms with van der Waals surface area (Å²) in [4.78, 5) is 17.7. The summed E-state index contributed by atoms with van der Waals surface area (Å²) in [6.45, 7) is 0. The topological polar surface area (TPSA) is 42.4 Å². The molecule has 2 aromatic rings. The molecule has 0 bridgehead atoms. The number of pyridine rings is 1. The van der Waals surface area contributed by atoms with Gasteiger partial charge in [0, 0.05) is 18.9 Å². The number of methoxy groups -OCH3 is 1. The summed E-state index contributed by atoms with van der Waals surface area (Å²) < 4.78 is 4.70. The third-order valence-electron chi connectivity index (χ3n) is 2.74. The molecule has 0 aliphatic carbocycles. The number of hydrogen-bond acceptors (Lipinski definition) is 4. The van der Waals surface area contributed by atoms with E-state index in [0.29, 0.717) is 10.6 Å². The fourth-order valence-electron chi connectivity index (χ4n) is 1.67. The molecule has 0 atom stereocenters. The lowest BCUT2D eigenvalue weighted by atomic mass is 10.2. The number of halogens is 1. The molecule has 0 spiro atoms. The van der Waals surface area contributed by atoms with Crippen LogP contribution in [0, 0.1) is 0 Å². The summed E-state index contributed by atoms with van der Waals surface area (Å²) >= 11 is 5.99. The van der Waals surface area contributed by atoms with Crippen LogP contribution in [0.5, 0.6) is 0 Å². The third-order valence-corrected chi connectivity index (χ3v) is 3.07. The van der Waals surface area contributed by atoms with Gasteiger partial charge in [0.15, 0.2) is 0 Å². The fraction of sp³-hybridized carbons (Fsp3) is 0.143. The average Bonchev–Trinajstić information content (AvgIpc) is 2.47. The van der Waals surface area contributed by atoms with E-state index < -0.39 is 5.97 Å². The van der Waals surface area contributed by atoms with Crippen LogP contribution in [-0.4, -0.2) is 25.1 Å². The Labute approximate surface area is 116 Å².